The predicted octanol–water partition coefficient (Wildman–Crippen LogP) is 4.02. The molecule has 0 aliphatic heterocycles. The van der Waals surface area contributed by atoms with Crippen LogP contribution in [0.5, 0.6) is 5.75 Å². The van der Waals surface area contributed by atoms with Gasteiger partial charge in [-0.2, -0.15) is 0 Å². The molecular formula is C18H17Br2ClN2O6S. The summed E-state index contributed by atoms with van der Waals surface area (Å²) < 4.78 is 32.7. The standard InChI is InChI=1S/C18H17Br2ClN2O6S/c1-2-30(27,28)23-13-4-10(3-12(21)7-13)9-29-17-14(19)5-11(6-15(17)20)18(26)22-8-16(24)25/h3-7,23H,2,8-9H2,1H3,(H,22,26)(H,24,25). The third kappa shape index (κ3) is 7.15. The maximum atomic E-state index is 12.0. The molecule has 8 nitrogen and oxygen atoms in total. The van der Waals surface area contributed by atoms with Crippen molar-refractivity contribution in [2.75, 3.05) is 17.0 Å². The zero-order valence-corrected chi connectivity index (χ0v) is 20.3. The number of nitrogens with one attached hydrogen (secondary N) is 2. The first-order valence-corrected chi connectivity index (χ1v) is 12.0. The second kappa shape index (κ2) is 10.5. The summed E-state index contributed by atoms with van der Waals surface area (Å²) in [6.45, 7) is 1.10. The number of amides is 1. The minimum Gasteiger partial charge on any atom is -0.487 e. The Morgan fingerprint density at radius 1 is 1.13 bits per heavy atom. The fourth-order valence-electron chi connectivity index (χ4n) is 2.29. The Bertz CT molecular complexity index is 1060. The highest BCUT2D eigenvalue weighted by Gasteiger charge is 2.15. The molecule has 0 unspecified atom stereocenters. The van der Waals surface area contributed by atoms with Crippen molar-refractivity contribution in [3.8, 4) is 5.75 Å². The van der Waals surface area contributed by atoms with E-state index in [1.165, 1.54) is 25.1 Å². The summed E-state index contributed by atoms with van der Waals surface area (Å²) >= 11 is 12.7. The van der Waals surface area contributed by atoms with Crippen molar-refractivity contribution < 1.29 is 27.9 Å². The molecule has 0 bridgehead atoms. The van der Waals surface area contributed by atoms with Gasteiger partial charge in [-0.1, -0.05) is 11.6 Å². The van der Waals surface area contributed by atoms with Crippen LogP contribution in [0.4, 0.5) is 5.69 Å². The third-order valence-electron chi connectivity index (χ3n) is 3.65. The van der Waals surface area contributed by atoms with Crippen LogP contribution < -0.4 is 14.8 Å². The molecule has 0 saturated carbocycles. The van der Waals surface area contributed by atoms with Crippen LogP contribution in [-0.2, 0) is 21.4 Å². The highest BCUT2D eigenvalue weighted by Crippen LogP contribution is 2.35. The molecule has 0 aromatic heterocycles. The molecule has 0 atom stereocenters. The Morgan fingerprint density at radius 2 is 1.77 bits per heavy atom. The summed E-state index contributed by atoms with van der Waals surface area (Å²) in [7, 11) is -3.45. The minimum atomic E-state index is -3.45. The lowest BCUT2D eigenvalue weighted by Crippen LogP contribution is -2.29. The lowest BCUT2D eigenvalue weighted by molar-refractivity contribution is -0.135. The van der Waals surface area contributed by atoms with Crippen LogP contribution in [-0.4, -0.2) is 37.7 Å². The highest BCUT2D eigenvalue weighted by molar-refractivity contribution is 9.11. The summed E-state index contributed by atoms with van der Waals surface area (Å²) in [5, 5.41) is 11.3. The van der Waals surface area contributed by atoms with E-state index >= 15 is 0 Å². The number of halogens is 3. The first-order chi connectivity index (χ1) is 14.0. The average Bonchev–Trinajstić information content (AvgIpc) is 2.64. The van der Waals surface area contributed by atoms with Gasteiger partial charge in [-0.15, -0.1) is 0 Å². The van der Waals surface area contributed by atoms with Gasteiger partial charge in [0.25, 0.3) is 5.91 Å². The monoisotopic (exact) mass is 582 g/mol. The largest absolute Gasteiger partial charge is 0.487 e. The van der Waals surface area contributed by atoms with Crippen molar-refractivity contribution in [3.05, 3.63) is 55.4 Å². The van der Waals surface area contributed by atoms with Crippen LogP contribution in [0.15, 0.2) is 39.3 Å². The van der Waals surface area contributed by atoms with Gasteiger partial charge in [0.15, 0.2) is 0 Å². The summed E-state index contributed by atoms with van der Waals surface area (Å²) in [6, 6.07) is 7.73. The van der Waals surface area contributed by atoms with E-state index in [0.717, 1.165) is 0 Å². The van der Waals surface area contributed by atoms with Gasteiger partial charge in [-0.25, -0.2) is 8.42 Å². The van der Waals surface area contributed by atoms with Crippen molar-refractivity contribution in [1.82, 2.24) is 5.32 Å². The van der Waals surface area contributed by atoms with E-state index in [0.29, 0.717) is 31.0 Å². The van der Waals surface area contributed by atoms with E-state index in [2.05, 4.69) is 41.9 Å². The molecule has 2 aromatic carbocycles. The van der Waals surface area contributed by atoms with E-state index in [9.17, 15) is 18.0 Å². The molecule has 0 saturated heterocycles. The minimum absolute atomic E-state index is 0.0718. The van der Waals surface area contributed by atoms with Gasteiger partial charge < -0.3 is 15.2 Å². The molecule has 0 aliphatic rings. The van der Waals surface area contributed by atoms with Gasteiger partial charge in [0.05, 0.1) is 20.4 Å². The lowest BCUT2D eigenvalue weighted by atomic mass is 10.2. The molecule has 0 radical (unpaired) electrons. The molecule has 2 aromatic rings. The van der Waals surface area contributed by atoms with Crippen LogP contribution in [0.2, 0.25) is 5.02 Å². The number of hydrogen-bond donors (Lipinski definition) is 3. The van der Waals surface area contributed by atoms with Gasteiger partial charge in [-0.3, -0.25) is 14.3 Å². The van der Waals surface area contributed by atoms with Crippen LogP contribution in [0.25, 0.3) is 0 Å². The van der Waals surface area contributed by atoms with E-state index in [-0.39, 0.29) is 17.9 Å². The Morgan fingerprint density at radius 3 is 2.33 bits per heavy atom. The Hall–Kier alpha value is -1.82. The number of rotatable bonds is 9. The second-order valence-corrected chi connectivity index (χ2v) is 10.1. The zero-order chi connectivity index (χ0) is 22.5. The predicted molar refractivity (Wildman–Crippen MR) is 121 cm³/mol. The van der Waals surface area contributed by atoms with Crippen molar-refractivity contribution in [2.24, 2.45) is 0 Å². The molecule has 0 fully saturated rings. The summed E-state index contributed by atoms with van der Waals surface area (Å²) in [5.74, 6) is -1.37. The third-order valence-corrected chi connectivity index (χ3v) is 6.36. The van der Waals surface area contributed by atoms with E-state index in [1.807, 2.05) is 0 Å². The molecule has 0 heterocycles. The number of anilines is 1. The number of aliphatic carboxylic acids is 1. The SMILES string of the molecule is CCS(=O)(=O)Nc1cc(Cl)cc(COc2c(Br)cc(C(=O)NCC(=O)O)cc2Br)c1. The Balaban J connectivity index is 2.17. The Labute approximate surface area is 195 Å². The highest BCUT2D eigenvalue weighted by atomic mass is 79.9. The molecular weight excluding hydrogens is 568 g/mol. The maximum absolute atomic E-state index is 12.0. The van der Waals surface area contributed by atoms with Gasteiger partial charge in [0, 0.05) is 10.6 Å². The molecule has 30 heavy (non-hydrogen) atoms. The number of carbonyl (C=O) groups is 2. The van der Waals surface area contributed by atoms with E-state index in [4.69, 9.17) is 21.4 Å². The molecule has 0 spiro atoms. The van der Waals surface area contributed by atoms with Crippen LogP contribution >= 0.6 is 43.5 Å². The number of hydrogen-bond acceptors (Lipinski definition) is 5. The summed E-state index contributed by atoms with van der Waals surface area (Å²) in [4.78, 5) is 22.6. The van der Waals surface area contributed by atoms with Gasteiger partial charge in [-0.05, 0) is 74.7 Å². The number of sulfonamides is 1. The quantitative estimate of drug-likeness (QED) is 0.410. The molecule has 2 rings (SSSR count). The van der Waals surface area contributed by atoms with Crippen molar-refractivity contribution >= 4 is 71.0 Å². The fourth-order valence-corrected chi connectivity index (χ4v) is 4.58. The second-order valence-electron chi connectivity index (χ2n) is 5.99. The smallest absolute Gasteiger partial charge is 0.322 e. The summed E-state index contributed by atoms with van der Waals surface area (Å²) in [6.07, 6.45) is 0. The van der Waals surface area contributed by atoms with Crippen molar-refractivity contribution in [3.63, 3.8) is 0 Å². The first kappa shape index (κ1) is 24.4. The van der Waals surface area contributed by atoms with Gasteiger partial charge in [0.1, 0.15) is 18.9 Å². The van der Waals surface area contributed by atoms with Crippen molar-refractivity contribution in [2.45, 2.75) is 13.5 Å². The number of carbonyl (C=O) groups excluding carboxylic acids is 1. The van der Waals surface area contributed by atoms with Crippen LogP contribution in [0.1, 0.15) is 22.8 Å². The number of carboxylic acids is 1. The Kier molecular flexibility index (Phi) is 8.53. The molecule has 1 amide bonds. The fraction of sp³-hybridized carbons (Fsp3) is 0.222. The maximum Gasteiger partial charge on any atom is 0.322 e. The summed E-state index contributed by atoms with van der Waals surface area (Å²) in [5.41, 5.74) is 1.19. The molecule has 3 N–H and O–H groups in total. The normalized spacial score (nSPS) is 11.1. The number of ether oxygens (including phenoxy) is 1. The zero-order valence-electron chi connectivity index (χ0n) is 15.5. The topological polar surface area (TPSA) is 122 Å². The molecule has 0 aliphatic carbocycles. The molecule has 162 valence electrons. The van der Waals surface area contributed by atoms with Crippen LogP contribution in [0, 0.1) is 0 Å². The van der Waals surface area contributed by atoms with Gasteiger partial charge in [0.2, 0.25) is 10.0 Å². The number of carboxylic acid groups (broad SMARTS) is 1. The van der Waals surface area contributed by atoms with E-state index in [1.54, 1.807) is 12.1 Å². The lowest BCUT2D eigenvalue weighted by Gasteiger charge is -2.14. The van der Waals surface area contributed by atoms with E-state index < -0.39 is 28.4 Å². The number of benzene rings is 2. The van der Waals surface area contributed by atoms with Crippen LogP contribution in [0.3, 0.4) is 0 Å². The first-order valence-electron chi connectivity index (χ1n) is 8.42. The van der Waals surface area contributed by atoms with Gasteiger partial charge >= 0.3 is 5.97 Å². The average molecular weight is 585 g/mol. The van der Waals surface area contributed by atoms with Crippen molar-refractivity contribution in [1.29, 1.82) is 0 Å². The molecule has 12 heteroatoms.